The number of fused-ring (bicyclic) bond motifs is 1. The second-order valence-electron chi connectivity index (χ2n) is 4.84. The molecule has 0 spiro atoms. The van der Waals surface area contributed by atoms with Crippen LogP contribution < -0.4 is 14.2 Å². The zero-order chi connectivity index (χ0) is 16.6. The van der Waals surface area contributed by atoms with Gasteiger partial charge in [-0.05, 0) is 30.3 Å². The van der Waals surface area contributed by atoms with Crippen LogP contribution in [0.3, 0.4) is 0 Å². The molecule has 0 saturated carbocycles. The fourth-order valence-electron chi connectivity index (χ4n) is 2.48. The summed E-state index contributed by atoms with van der Waals surface area (Å²) in [4.78, 5) is 0. The quantitative estimate of drug-likeness (QED) is 0.766. The molecule has 120 valence electrons. The lowest BCUT2D eigenvalue weighted by Crippen LogP contribution is -1.91. The van der Waals surface area contributed by atoms with Gasteiger partial charge in [-0.3, -0.25) is 0 Å². The van der Waals surface area contributed by atoms with E-state index in [1.54, 1.807) is 30.3 Å². The summed E-state index contributed by atoms with van der Waals surface area (Å²) in [5.41, 5.74) is 0.714. The predicted octanol–water partition coefficient (Wildman–Crippen LogP) is 3.54. The van der Waals surface area contributed by atoms with Crippen molar-refractivity contribution in [1.29, 1.82) is 0 Å². The van der Waals surface area contributed by atoms with Gasteiger partial charge in [0.25, 0.3) is 0 Å². The van der Waals surface area contributed by atoms with Crippen LogP contribution in [0.2, 0.25) is 0 Å². The summed E-state index contributed by atoms with van der Waals surface area (Å²) in [6.07, 6.45) is 0. The number of furan rings is 1. The highest BCUT2D eigenvalue weighted by molar-refractivity contribution is 5.90. The molecule has 0 atom stereocenters. The number of phenolic OH excluding ortho intramolecular Hbond substituents is 2. The number of hydrogen-bond donors (Lipinski definition) is 2. The number of hydrogen-bond acceptors (Lipinski definition) is 6. The topological polar surface area (TPSA) is 81.3 Å². The molecule has 0 aliphatic rings. The van der Waals surface area contributed by atoms with Gasteiger partial charge in [0, 0.05) is 5.39 Å². The van der Waals surface area contributed by atoms with E-state index in [2.05, 4.69) is 0 Å². The lowest BCUT2D eigenvalue weighted by Gasteiger charge is -2.11. The molecule has 0 amide bonds. The highest BCUT2D eigenvalue weighted by atomic mass is 16.5. The molecule has 6 heteroatoms. The van der Waals surface area contributed by atoms with Crippen LogP contribution in [0.4, 0.5) is 0 Å². The van der Waals surface area contributed by atoms with Gasteiger partial charge < -0.3 is 28.8 Å². The number of aromatic hydroxyl groups is 2. The van der Waals surface area contributed by atoms with Crippen molar-refractivity contribution in [3.05, 3.63) is 30.3 Å². The molecular weight excluding hydrogens is 300 g/mol. The summed E-state index contributed by atoms with van der Waals surface area (Å²) in [6, 6.07) is 8.45. The van der Waals surface area contributed by atoms with Crippen molar-refractivity contribution in [2.24, 2.45) is 0 Å². The Bertz CT molecular complexity index is 865. The van der Waals surface area contributed by atoms with E-state index >= 15 is 0 Å². The van der Waals surface area contributed by atoms with E-state index in [1.165, 1.54) is 21.3 Å². The second-order valence-corrected chi connectivity index (χ2v) is 4.84. The minimum absolute atomic E-state index is 0.0868. The highest BCUT2D eigenvalue weighted by Crippen LogP contribution is 2.46. The SMILES string of the molecule is COc1ccc(-c2cc3ccc(OC)c(O)c3o2)c(O)c1OC. The Morgan fingerprint density at radius 3 is 2.17 bits per heavy atom. The van der Waals surface area contributed by atoms with Crippen LogP contribution in [0.1, 0.15) is 0 Å². The molecule has 23 heavy (non-hydrogen) atoms. The van der Waals surface area contributed by atoms with Gasteiger partial charge in [-0.1, -0.05) is 0 Å². The van der Waals surface area contributed by atoms with E-state index in [4.69, 9.17) is 18.6 Å². The van der Waals surface area contributed by atoms with Gasteiger partial charge in [-0.15, -0.1) is 0 Å². The molecule has 3 aromatic rings. The summed E-state index contributed by atoms with van der Waals surface area (Å²) in [5, 5.41) is 21.2. The largest absolute Gasteiger partial charge is 0.504 e. The predicted molar refractivity (Wildman–Crippen MR) is 84.6 cm³/mol. The van der Waals surface area contributed by atoms with Crippen LogP contribution in [0.5, 0.6) is 28.7 Å². The van der Waals surface area contributed by atoms with Gasteiger partial charge in [0.1, 0.15) is 5.76 Å². The number of methoxy groups -OCH3 is 3. The molecule has 0 unspecified atom stereocenters. The Labute approximate surface area is 132 Å². The average Bonchev–Trinajstić information content (AvgIpc) is 2.99. The van der Waals surface area contributed by atoms with E-state index in [9.17, 15) is 10.2 Å². The average molecular weight is 316 g/mol. The van der Waals surface area contributed by atoms with E-state index in [0.29, 0.717) is 28.2 Å². The Morgan fingerprint density at radius 2 is 1.52 bits per heavy atom. The number of rotatable bonds is 4. The number of benzene rings is 2. The maximum Gasteiger partial charge on any atom is 0.203 e. The maximum absolute atomic E-state index is 10.4. The second kappa shape index (κ2) is 5.64. The molecule has 3 rings (SSSR count). The molecule has 0 aliphatic heterocycles. The first-order valence-electron chi connectivity index (χ1n) is 6.84. The molecule has 1 aromatic heterocycles. The van der Waals surface area contributed by atoms with Gasteiger partial charge in [0.15, 0.2) is 22.8 Å². The molecule has 6 nitrogen and oxygen atoms in total. The molecule has 0 bridgehead atoms. The molecule has 2 aromatic carbocycles. The first-order valence-corrected chi connectivity index (χ1v) is 6.84. The monoisotopic (exact) mass is 316 g/mol. The molecular formula is C17H16O6. The van der Waals surface area contributed by atoms with E-state index < -0.39 is 0 Å². The first-order chi connectivity index (χ1) is 11.1. The van der Waals surface area contributed by atoms with E-state index in [1.807, 2.05) is 0 Å². The maximum atomic E-state index is 10.4. The standard InChI is InChI=1S/C17H16O6/c1-20-11-6-4-9-8-13(23-16(9)15(11)19)10-5-7-12(21-2)17(22-3)14(10)18/h4-8,18-19H,1-3H3. The van der Waals surface area contributed by atoms with Crippen LogP contribution in [-0.4, -0.2) is 31.5 Å². The van der Waals surface area contributed by atoms with Crippen LogP contribution in [0.25, 0.3) is 22.3 Å². The van der Waals surface area contributed by atoms with Gasteiger partial charge >= 0.3 is 0 Å². The molecule has 2 N–H and O–H groups in total. The lowest BCUT2D eigenvalue weighted by atomic mass is 10.1. The van der Waals surface area contributed by atoms with Crippen molar-refractivity contribution in [3.63, 3.8) is 0 Å². The summed E-state index contributed by atoms with van der Waals surface area (Å²) < 4.78 is 21.1. The van der Waals surface area contributed by atoms with Crippen molar-refractivity contribution < 1.29 is 28.8 Å². The summed E-state index contributed by atoms with van der Waals surface area (Å²) in [6.45, 7) is 0. The van der Waals surface area contributed by atoms with Crippen LogP contribution in [0, 0.1) is 0 Å². The molecule has 0 aliphatic carbocycles. The third-order valence-corrected chi connectivity index (χ3v) is 3.63. The Balaban J connectivity index is 2.19. The van der Waals surface area contributed by atoms with Crippen LogP contribution in [0.15, 0.2) is 34.7 Å². The third kappa shape index (κ3) is 2.28. The normalized spacial score (nSPS) is 10.7. The lowest BCUT2D eigenvalue weighted by molar-refractivity contribution is 0.333. The van der Waals surface area contributed by atoms with E-state index in [-0.39, 0.29) is 22.8 Å². The highest BCUT2D eigenvalue weighted by Gasteiger charge is 2.19. The van der Waals surface area contributed by atoms with Gasteiger partial charge in [-0.25, -0.2) is 0 Å². The molecule has 1 heterocycles. The Morgan fingerprint density at radius 1 is 0.826 bits per heavy atom. The van der Waals surface area contributed by atoms with Crippen molar-refractivity contribution in [2.75, 3.05) is 21.3 Å². The van der Waals surface area contributed by atoms with Crippen LogP contribution in [-0.2, 0) is 0 Å². The Hall–Kier alpha value is -3.02. The van der Waals surface area contributed by atoms with Gasteiger partial charge in [0.2, 0.25) is 11.5 Å². The molecule has 0 radical (unpaired) electrons. The number of phenols is 2. The van der Waals surface area contributed by atoms with Crippen molar-refractivity contribution in [1.82, 2.24) is 0 Å². The fourth-order valence-corrected chi connectivity index (χ4v) is 2.48. The third-order valence-electron chi connectivity index (χ3n) is 3.63. The summed E-state index contributed by atoms with van der Waals surface area (Å²) in [7, 11) is 4.39. The van der Waals surface area contributed by atoms with Crippen LogP contribution >= 0.6 is 0 Å². The molecule has 0 saturated heterocycles. The van der Waals surface area contributed by atoms with Crippen molar-refractivity contribution in [3.8, 4) is 40.1 Å². The molecule has 0 fully saturated rings. The zero-order valence-corrected chi connectivity index (χ0v) is 12.9. The van der Waals surface area contributed by atoms with Gasteiger partial charge in [-0.2, -0.15) is 0 Å². The first kappa shape index (κ1) is 14.9. The van der Waals surface area contributed by atoms with E-state index in [0.717, 1.165) is 0 Å². The van der Waals surface area contributed by atoms with Gasteiger partial charge in [0.05, 0.1) is 26.9 Å². The smallest absolute Gasteiger partial charge is 0.203 e. The fraction of sp³-hybridized carbons (Fsp3) is 0.176. The minimum atomic E-state index is -0.0997. The zero-order valence-electron chi connectivity index (χ0n) is 12.9. The van der Waals surface area contributed by atoms with Crippen molar-refractivity contribution in [2.45, 2.75) is 0 Å². The minimum Gasteiger partial charge on any atom is -0.504 e. The Kier molecular flexibility index (Phi) is 3.65. The van der Waals surface area contributed by atoms with Crippen molar-refractivity contribution >= 4 is 11.0 Å². The number of ether oxygens (including phenoxy) is 3. The summed E-state index contributed by atoms with van der Waals surface area (Å²) >= 11 is 0. The summed E-state index contributed by atoms with van der Waals surface area (Å²) in [5.74, 6) is 1.15.